The minimum atomic E-state index is -1.05. The molecule has 1 heterocycles. The molecule has 5 heteroatoms. The molecule has 5 nitrogen and oxygen atoms in total. The second-order valence-corrected chi connectivity index (χ2v) is 3.79. The summed E-state index contributed by atoms with van der Waals surface area (Å²) in [6.45, 7) is 0.512. The number of aromatic nitrogens is 1. The molecule has 1 aliphatic carbocycles. The summed E-state index contributed by atoms with van der Waals surface area (Å²) in [5.74, 6) is -0.606. The van der Waals surface area contributed by atoms with E-state index in [2.05, 4.69) is 10.3 Å². The molecular formula is C10H14N2O3. The first-order valence-corrected chi connectivity index (χ1v) is 5.17. The zero-order valence-electron chi connectivity index (χ0n) is 8.40. The fourth-order valence-corrected chi connectivity index (χ4v) is 1.85. The second kappa shape index (κ2) is 4.44. The molecule has 15 heavy (non-hydrogen) atoms. The summed E-state index contributed by atoms with van der Waals surface area (Å²) in [6.07, 6.45) is 6.08. The maximum Gasteiger partial charge on any atom is 0.357 e. The molecular weight excluding hydrogens is 196 g/mol. The van der Waals surface area contributed by atoms with Gasteiger partial charge in [0.1, 0.15) is 6.26 Å². The number of nitrogens with zero attached hydrogens (tertiary/aromatic N) is 1. The van der Waals surface area contributed by atoms with Crippen LogP contribution >= 0.6 is 0 Å². The lowest BCUT2D eigenvalue weighted by Gasteiger charge is -2.08. The van der Waals surface area contributed by atoms with Crippen molar-refractivity contribution in [3.05, 3.63) is 17.8 Å². The van der Waals surface area contributed by atoms with E-state index in [0.717, 1.165) is 0 Å². The highest BCUT2D eigenvalue weighted by atomic mass is 16.4. The summed E-state index contributed by atoms with van der Waals surface area (Å²) in [5, 5.41) is 11.9. The van der Waals surface area contributed by atoms with Crippen molar-refractivity contribution in [2.24, 2.45) is 0 Å². The number of oxazole rings is 1. The standard InChI is InChI=1S/C10H14N2O3/c13-10(14)8-6-15-9(12-8)5-11-7-3-1-2-4-7/h6-7,11H,1-5H2,(H,13,14). The monoisotopic (exact) mass is 210 g/mol. The number of hydrogen-bond acceptors (Lipinski definition) is 4. The van der Waals surface area contributed by atoms with Gasteiger partial charge in [0.05, 0.1) is 6.54 Å². The van der Waals surface area contributed by atoms with Crippen LogP contribution in [0.2, 0.25) is 0 Å². The molecule has 0 radical (unpaired) electrons. The SMILES string of the molecule is O=C(O)c1coc(CNC2CCCC2)n1. The molecule has 1 aliphatic rings. The van der Waals surface area contributed by atoms with E-state index in [1.165, 1.54) is 31.9 Å². The second-order valence-electron chi connectivity index (χ2n) is 3.79. The van der Waals surface area contributed by atoms with Gasteiger partial charge < -0.3 is 14.8 Å². The van der Waals surface area contributed by atoms with Crippen LogP contribution in [0.15, 0.2) is 10.7 Å². The number of aromatic carboxylic acids is 1. The molecule has 1 fully saturated rings. The number of carboxylic acids is 1. The average Bonchev–Trinajstić information content (AvgIpc) is 2.86. The van der Waals surface area contributed by atoms with Gasteiger partial charge in [-0.25, -0.2) is 9.78 Å². The summed E-state index contributed by atoms with van der Waals surface area (Å²) in [7, 11) is 0. The Kier molecular flexibility index (Phi) is 3.01. The number of carbonyl (C=O) groups is 1. The minimum absolute atomic E-state index is 0.0294. The molecule has 0 saturated heterocycles. The molecule has 0 unspecified atom stereocenters. The minimum Gasteiger partial charge on any atom is -0.476 e. The van der Waals surface area contributed by atoms with Gasteiger partial charge in [-0.05, 0) is 12.8 Å². The van der Waals surface area contributed by atoms with Crippen LogP contribution in [0.1, 0.15) is 42.1 Å². The predicted molar refractivity (Wildman–Crippen MR) is 52.6 cm³/mol. The Morgan fingerprint density at radius 3 is 2.93 bits per heavy atom. The molecule has 0 atom stereocenters. The Bertz CT molecular complexity index is 342. The third kappa shape index (κ3) is 2.56. The lowest BCUT2D eigenvalue weighted by molar-refractivity contribution is 0.0690. The van der Waals surface area contributed by atoms with E-state index in [4.69, 9.17) is 9.52 Å². The molecule has 2 rings (SSSR count). The van der Waals surface area contributed by atoms with Gasteiger partial charge in [-0.1, -0.05) is 12.8 Å². The number of hydrogen-bond donors (Lipinski definition) is 2. The lowest BCUT2D eigenvalue weighted by atomic mass is 10.2. The highest BCUT2D eigenvalue weighted by molar-refractivity contribution is 5.84. The van der Waals surface area contributed by atoms with Gasteiger partial charge in [-0.2, -0.15) is 0 Å². The summed E-state index contributed by atoms with van der Waals surface area (Å²) in [6, 6.07) is 0.533. The van der Waals surface area contributed by atoms with Gasteiger partial charge in [0.25, 0.3) is 0 Å². The topological polar surface area (TPSA) is 75.4 Å². The molecule has 0 spiro atoms. The summed E-state index contributed by atoms with van der Waals surface area (Å²) in [4.78, 5) is 14.4. The largest absolute Gasteiger partial charge is 0.476 e. The van der Waals surface area contributed by atoms with Crippen molar-refractivity contribution in [1.82, 2.24) is 10.3 Å². The number of nitrogens with one attached hydrogen (secondary N) is 1. The molecule has 0 bridgehead atoms. The molecule has 0 amide bonds. The van der Waals surface area contributed by atoms with Crippen LogP contribution in [-0.4, -0.2) is 22.1 Å². The Morgan fingerprint density at radius 1 is 1.60 bits per heavy atom. The Labute approximate surface area is 87.5 Å². The molecule has 0 aliphatic heterocycles. The maximum absolute atomic E-state index is 10.5. The zero-order chi connectivity index (χ0) is 10.7. The van der Waals surface area contributed by atoms with Crippen LogP contribution in [-0.2, 0) is 6.54 Å². The van der Waals surface area contributed by atoms with Gasteiger partial charge in [0.15, 0.2) is 5.69 Å². The molecule has 1 saturated carbocycles. The zero-order valence-corrected chi connectivity index (χ0v) is 8.40. The van der Waals surface area contributed by atoms with Crippen LogP contribution in [0.3, 0.4) is 0 Å². The summed E-state index contributed by atoms with van der Waals surface area (Å²) in [5.41, 5.74) is -0.0294. The fraction of sp³-hybridized carbons (Fsp3) is 0.600. The van der Waals surface area contributed by atoms with Crippen molar-refractivity contribution in [2.45, 2.75) is 38.3 Å². The molecule has 0 aromatic carbocycles. The first-order chi connectivity index (χ1) is 7.25. The summed E-state index contributed by atoms with van der Waals surface area (Å²) < 4.78 is 5.03. The van der Waals surface area contributed by atoms with Gasteiger partial charge in [0, 0.05) is 6.04 Å². The molecule has 1 aromatic rings. The third-order valence-corrected chi connectivity index (χ3v) is 2.67. The Hall–Kier alpha value is -1.36. The number of rotatable bonds is 4. The van der Waals surface area contributed by atoms with E-state index in [1.807, 2.05) is 0 Å². The Balaban J connectivity index is 1.84. The van der Waals surface area contributed by atoms with Crippen molar-refractivity contribution < 1.29 is 14.3 Å². The van der Waals surface area contributed by atoms with Gasteiger partial charge in [-0.3, -0.25) is 0 Å². The van der Waals surface area contributed by atoms with E-state index in [9.17, 15) is 4.79 Å². The molecule has 1 aromatic heterocycles. The van der Waals surface area contributed by atoms with Crippen LogP contribution in [0.5, 0.6) is 0 Å². The first kappa shape index (κ1) is 10.2. The predicted octanol–water partition coefficient (Wildman–Crippen LogP) is 1.40. The lowest BCUT2D eigenvalue weighted by Crippen LogP contribution is -2.25. The van der Waals surface area contributed by atoms with E-state index in [0.29, 0.717) is 18.5 Å². The molecule has 2 N–H and O–H groups in total. The Morgan fingerprint density at radius 2 is 2.33 bits per heavy atom. The quantitative estimate of drug-likeness (QED) is 0.785. The van der Waals surface area contributed by atoms with Crippen LogP contribution < -0.4 is 5.32 Å². The molecule has 82 valence electrons. The van der Waals surface area contributed by atoms with Gasteiger partial charge in [0.2, 0.25) is 5.89 Å². The van der Waals surface area contributed by atoms with Crippen molar-refractivity contribution in [3.8, 4) is 0 Å². The van der Waals surface area contributed by atoms with Gasteiger partial charge in [-0.15, -0.1) is 0 Å². The van der Waals surface area contributed by atoms with Crippen LogP contribution in [0.4, 0.5) is 0 Å². The van der Waals surface area contributed by atoms with Crippen LogP contribution in [0, 0.1) is 0 Å². The van der Waals surface area contributed by atoms with Crippen molar-refractivity contribution in [2.75, 3.05) is 0 Å². The van der Waals surface area contributed by atoms with Gasteiger partial charge >= 0.3 is 5.97 Å². The van der Waals surface area contributed by atoms with E-state index >= 15 is 0 Å². The normalized spacial score (nSPS) is 17.1. The number of carboxylic acid groups (broad SMARTS) is 1. The van der Waals surface area contributed by atoms with Crippen molar-refractivity contribution in [3.63, 3.8) is 0 Å². The van der Waals surface area contributed by atoms with Crippen molar-refractivity contribution in [1.29, 1.82) is 0 Å². The first-order valence-electron chi connectivity index (χ1n) is 5.17. The van der Waals surface area contributed by atoms with E-state index in [1.54, 1.807) is 0 Å². The third-order valence-electron chi connectivity index (χ3n) is 2.67. The fourth-order valence-electron chi connectivity index (χ4n) is 1.85. The highest BCUT2D eigenvalue weighted by Gasteiger charge is 2.16. The van der Waals surface area contributed by atoms with E-state index < -0.39 is 5.97 Å². The summed E-state index contributed by atoms with van der Waals surface area (Å²) >= 11 is 0. The smallest absolute Gasteiger partial charge is 0.357 e. The average molecular weight is 210 g/mol. The van der Waals surface area contributed by atoms with Crippen molar-refractivity contribution >= 4 is 5.97 Å². The highest BCUT2D eigenvalue weighted by Crippen LogP contribution is 2.17. The maximum atomic E-state index is 10.5. The van der Waals surface area contributed by atoms with E-state index in [-0.39, 0.29) is 5.69 Å². The van der Waals surface area contributed by atoms with Crippen LogP contribution in [0.25, 0.3) is 0 Å².